The number of para-hydroxylation sites is 2. The number of aromatic nitrogens is 1. The van der Waals surface area contributed by atoms with Crippen LogP contribution in [0, 0.1) is 0 Å². The molecule has 0 aliphatic carbocycles. The fraction of sp³-hybridized carbons (Fsp3) is 0.214. The van der Waals surface area contributed by atoms with Crippen molar-refractivity contribution in [2.75, 3.05) is 7.11 Å². The van der Waals surface area contributed by atoms with Gasteiger partial charge >= 0.3 is 0 Å². The molecule has 4 rings (SSSR count). The van der Waals surface area contributed by atoms with Crippen LogP contribution in [0.3, 0.4) is 0 Å². The van der Waals surface area contributed by atoms with Crippen molar-refractivity contribution in [3.63, 3.8) is 0 Å². The smallest absolute Gasteiger partial charge is 0.290 e. The molecule has 1 amide bonds. The van der Waals surface area contributed by atoms with Gasteiger partial charge in [-0.05, 0) is 53.4 Å². The van der Waals surface area contributed by atoms with Crippen LogP contribution in [-0.4, -0.2) is 22.9 Å². The summed E-state index contributed by atoms with van der Waals surface area (Å²) in [5, 5.41) is 0. The Morgan fingerprint density at radius 2 is 1.62 bits per heavy atom. The van der Waals surface area contributed by atoms with Gasteiger partial charge in [0.1, 0.15) is 12.4 Å². The summed E-state index contributed by atoms with van der Waals surface area (Å²) in [5.41, 5.74) is 3.27. The maximum atomic E-state index is 13.4. The third-order valence-electron chi connectivity index (χ3n) is 5.50. The lowest BCUT2D eigenvalue weighted by Crippen LogP contribution is -2.30. The second-order valence-corrected chi connectivity index (χ2v) is 7.90. The van der Waals surface area contributed by atoms with Crippen LogP contribution in [0.4, 0.5) is 0 Å². The maximum Gasteiger partial charge on any atom is 0.290 e. The largest absolute Gasteiger partial charge is 0.493 e. The molecule has 0 fully saturated rings. The Bertz CT molecular complexity index is 1200. The van der Waals surface area contributed by atoms with Gasteiger partial charge in [0, 0.05) is 25.5 Å². The zero-order valence-electron chi connectivity index (χ0n) is 19.4. The summed E-state index contributed by atoms with van der Waals surface area (Å²) in [5.74, 6) is 1.90. The number of amides is 1. The molecule has 6 nitrogen and oxygen atoms in total. The average molecular weight is 457 g/mol. The average Bonchev–Trinajstić information content (AvgIpc) is 3.37. The first-order chi connectivity index (χ1) is 16.7. The van der Waals surface area contributed by atoms with Gasteiger partial charge in [0.15, 0.2) is 17.3 Å². The minimum Gasteiger partial charge on any atom is -0.493 e. The summed E-state index contributed by atoms with van der Waals surface area (Å²) in [4.78, 5) is 19.4. The summed E-state index contributed by atoms with van der Waals surface area (Å²) < 4.78 is 17.0. The molecule has 0 radical (unpaired) electrons. The van der Waals surface area contributed by atoms with Gasteiger partial charge in [-0.25, -0.2) is 0 Å². The molecule has 0 aliphatic rings. The van der Waals surface area contributed by atoms with Gasteiger partial charge < -0.3 is 18.8 Å². The number of aryl methyl sites for hydroxylation is 1. The highest BCUT2D eigenvalue weighted by Crippen LogP contribution is 2.27. The van der Waals surface area contributed by atoms with Gasteiger partial charge in [-0.2, -0.15) is 0 Å². The lowest BCUT2D eigenvalue weighted by atomic mass is 10.1. The van der Waals surface area contributed by atoms with Crippen LogP contribution in [0.5, 0.6) is 11.5 Å². The summed E-state index contributed by atoms with van der Waals surface area (Å²) in [6.45, 7) is 3.20. The van der Waals surface area contributed by atoms with E-state index in [0.29, 0.717) is 30.3 Å². The Labute approximate surface area is 199 Å². The van der Waals surface area contributed by atoms with Crippen molar-refractivity contribution in [1.29, 1.82) is 0 Å². The third-order valence-corrected chi connectivity index (χ3v) is 5.50. The zero-order chi connectivity index (χ0) is 23.8. The van der Waals surface area contributed by atoms with Gasteiger partial charge in [-0.3, -0.25) is 9.78 Å². The van der Waals surface area contributed by atoms with Gasteiger partial charge in [0.2, 0.25) is 0 Å². The summed E-state index contributed by atoms with van der Waals surface area (Å²) in [6, 6.07) is 23.0. The number of nitrogens with zero attached hydrogens (tertiary/aromatic N) is 2. The predicted octanol–water partition coefficient (Wildman–Crippen LogP) is 5.67. The van der Waals surface area contributed by atoms with Crippen molar-refractivity contribution in [3.8, 4) is 11.5 Å². The Kier molecular flexibility index (Phi) is 7.60. The van der Waals surface area contributed by atoms with Crippen molar-refractivity contribution >= 4 is 5.91 Å². The van der Waals surface area contributed by atoms with E-state index in [9.17, 15) is 4.79 Å². The van der Waals surface area contributed by atoms with Crippen LogP contribution >= 0.6 is 0 Å². The molecule has 0 saturated heterocycles. The topological polar surface area (TPSA) is 64.8 Å². The highest BCUT2D eigenvalue weighted by molar-refractivity contribution is 5.91. The molecule has 2 heterocycles. The van der Waals surface area contributed by atoms with E-state index in [1.165, 1.54) is 5.56 Å². The number of hydrogen-bond acceptors (Lipinski definition) is 5. The lowest BCUT2D eigenvalue weighted by molar-refractivity contribution is 0.0693. The third kappa shape index (κ3) is 5.84. The Hall–Kier alpha value is -4.06. The van der Waals surface area contributed by atoms with Crippen molar-refractivity contribution in [3.05, 3.63) is 113 Å². The lowest BCUT2D eigenvalue weighted by Gasteiger charge is -2.22. The zero-order valence-corrected chi connectivity index (χ0v) is 19.4. The number of hydrogen-bond donors (Lipinski definition) is 0. The van der Waals surface area contributed by atoms with Gasteiger partial charge in [-0.1, -0.05) is 49.4 Å². The van der Waals surface area contributed by atoms with Gasteiger partial charge in [0.25, 0.3) is 5.91 Å². The molecule has 174 valence electrons. The standard InChI is InChI=1S/C28H28N2O4/c1-3-21-10-12-22(13-11-21)18-30(19-23-7-6-16-29-17-23)28(31)27-15-14-24(34-27)20-33-26-9-5-4-8-25(26)32-2/h4-17H,3,18-20H2,1-2H3. The van der Waals surface area contributed by atoms with E-state index < -0.39 is 0 Å². The first-order valence-electron chi connectivity index (χ1n) is 11.3. The Morgan fingerprint density at radius 1 is 0.882 bits per heavy atom. The molecule has 4 aromatic rings. The van der Waals surface area contributed by atoms with Crippen molar-refractivity contribution in [1.82, 2.24) is 9.88 Å². The number of carbonyl (C=O) groups is 1. The quantitative estimate of drug-likeness (QED) is 0.308. The first-order valence-corrected chi connectivity index (χ1v) is 11.3. The predicted molar refractivity (Wildman–Crippen MR) is 130 cm³/mol. The normalized spacial score (nSPS) is 10.6. The molecule has 0 bridgehead atoms. The minimum atomic E-state index is -0.188. The minimum absolute atomic E-state index is 0.188. The van der Waals surface area contributed by atoms with E-state index in [1.54, 1.807) is 36.5 Å². The van der Waals surface area contributed by atoms with Gasteiger partial charge in [-0.15, -0.1) is 0 Å². The molecule has 0 N–H and O–H groups in total. The number of pyridine rings is 1. The van der Waals surface area contributed by atoms with E-state index >= 15 is 0 Å². The number of carbonyl (C=O) groups excluding carboxylic acids is 1. The number of methoxy groups -OCH3 is 1. The molecule has 0 atom stereocenters. The second-order valence-electron chi connectivity index (χ2n) is 7.90. The molecule has 0 spiro atoms. The number of furan rings is 1. The Balaban J connectivity index is 1.49. The monoisotopic (exact) mass is 456 g/mol. The fourth-order valence-electron chi connectivity index (χ4n) is 3.63. The van der Waals surface area contributed by atoms with E-state index in [2.05, 4.69) is 36.2 Å². The van der Waals surface area contributed by atoms with Crippen LogP contribution in [0.1, 0.15) is 39.9 Å². The van der Waals surface area contributed by atoms with E-state index in [4.69, 9.17) is 13.9 Å². The highest BCUT2D eigenvalue weighted by atomic mass is 16.5. The van der Waals surface area contributed by atoms with E-state index in [0.717, 1.165) is 17.5 Å². The molecule has 0 aliphatic heterocycles. The first kappa shape index (κ1) is 23.1. The van der Waals surface area contributed by atoms with Crippen molar-refractivity contribution < 1.29 is 18.7 Å². The maximum absolute atomic E-state index is 13.4. The van der Waals surface area contributed by atoms with E-state index in [1.807, 2.05) is 36.4 Å². The van der Waals surface area contributed by atoms with Crippen LogP contribution in [-0.2, 0) is 26.1 Å². The number of rotatable bonds is 10. The summed E-state index contributed by atoms with van der Waals surface area (Å²) in [6.07, 6.45) is 4.47. The van der Waals surface area contributed by atoms with Crippen LogP contribution in [0.2, 0.25) is 0 Å². The highest BCUT2D eigenvalue weighted by Gasteiger charge is 2.21. The fourth-order valence-corrected chi connectivity index (χ4v) is 3.63. The van der Waals surface area contributed by atoms with Crippen LogP contribution in [0.25, 0.3) is 0 Å². The van der Waals surface area contributed by atoms with Gasteiger partial charge in [0.05, 0.1) is 7.11 Å². The molecule has 2 aromatic carbocycles. The SMILES string of the molecule is CCc1ccc(CN(Cc2cccnc2)C(=O)c2ccc(COc3ccccc3OC)o2)cc1. The van der Waals surface area contributed by atoms with Crippen LogP contribution < -0.4 is 9.47 Å². The van der Waals surface area contributed by atoms with Crippen LogP contribution in [0.15, 0.2) is 89.6 Å². The Morgan fingerprint density at radius 3 is 2.32 bits per heavy atom. The second kappa shape index (κ2) is 11.2. The molecule has 2 aromatic heterocycles. The molecule has 6 heteroatoms. The molecule has 0 saturated carbocycles. The molecule has 34 heavy (non-hydrogen) atoms. The number of benzene rings is 2. The summed E-state index contributed by atoms with van der Waals surface area (Å²) >= 11 is 0. The summed E-state index contributed by atoms with van der Waals surface area (Å²) in [7, 11) is 1.60. The molecule has 0 unspecified atom stereocenters. The number of ether oxygens (including phenoxy) is 2. The van der Waals surface area contributed by atoms with Crippen molar-refractivity contribution in [2.45, 2.75) is 33.0 Å². The molecular weight excluding hydrogens is 428 g/mol. The van der Waals surface area contributed by atoms with Crippen molar-refractivity contribution in [2.24, 2.45) is 0 Å². The molecular formula is C28H28N2O4. The van der Waals surface area contributed by atoms with E-state index in [-0.39, 0.29) is 18.3 Å².